The maximum atomic E-state index is 11.4. The monoisotopic (exact) mass is 281 g/mol. The molecule has 0 unspecified atom stereocenters. The van der Waals surface area contributed by atoms with Crippen molar-refractivity contribution in [1.29, 1.82) is 0 Å². The number of hydrogen-bond donors (Lipinski definition) is 2. The van der Waals surface area contributed by atoms with Gasteiger partial charge >= 0.3 is 7.12 Å². The van der Waals surface area contributed by atoms with E-state index in [0.717, 1.165) is 11.1 Å². The summed E-state index contributed by atoms with van der Waals surface area (Å²) in [6.07, 6.45) is 3.77. The fourth-order valence-electron chi connectivity index (χ4n) is 2.08. The second-order valence-electron chi connectivity index (χ2n) is 4.60. The third kappa shape index (κ3) is 3.45. The van der Waals surface area contributed by atoms with Gasteiger partial charge in [0.25, 0.3) is 0 Å². The molecule has 0 fully saturated rings. The Hall–Kier alpha value is -1.15. The first-order valence-corrected chi connectivity index (χ1v) is 7.83. The lowest BCUT2D eigenvalue weighted by atomic mass is 9.79. The number of sulfonamides is 1. The topological polar surface area (TPSA) is 77.8 Å². The molecular weight excluding hydrogens is 265 g/mol. The van der Waals surface area contributed by atoms with Crippen LogP contribution in [0.4, 0.5) is 0 Å². The first kappa shape index (κ1) is 14.3. The molecule has 0 aliphatic carbocycles. The van der Waals surface area contributed by atoms with Gasteiger partial charge in [-0.15, -0.1) is 0 Å². The van der Waals surface area contributed by atoms with Crippen LogP contribution in [0.5, 0.6) is 0 Å². The van der Waals surface area contributed by atoms with E-state index in [1.165, 1.54) is 10.6 Å². The van der Waals surface area contributed by atoms with E-state index in [9.17, 15) is 8.42 Å². The van der Waals surface area contributed by atoms with Crippen molar-refractivity contribution in [2.45, 2.75) is 6.42 Å². The van der Waals surface area contributed by atoms with Crippen LogP contribution in [0.2, 0.25) is 0 Å². The summed E-state index contributed by atoms with van der Waals surface area (Å²) in [5, 5.41) is 18.0. The standard InChI is InChI=1S/C12H16BNO4S/c1-19(17,18)14-8-6-11(7-9-14)10-2-4-12(5-3-10)13(15)16/h2-6,15-16H,7-9H2,1H3. The van der Waals surface area contributed by atoms with Crippen molar-refractivity contribution in [3.8, 4) is 0 Å². The van der Waals surface area contributed by atoms with Gasteiger partial charge in [-0.05, 0) is 23.0 Å². The van der Waals surface area contributed by atoms with E-state index in [1.807, 2.05) is 18.2 Å². The largest absolute Gasteiger partial charge is 0.488 e. The SMILES string of the molecule is CS(=O)(=O)N1CC=C(c2ccc(B(O)O)cc2)CC1. The molecule has 102 valence electrons. The Bertz CT molecular complexity index is 580. The maximum Gasteiger partial charge on any atom is 0.488 e. The zero-order valence-electron chi connectivity index (χ0n) is 10.7. The lowest BCUT2D eigenvalue weighted by Crippen LogP contribution is -2.33. The number of nitrogens with zero attached hydrogens (tertiary/aromatic N) is 1. The van der Waals surface area contributed by atoms with Crippen LogP contribution in [0.15, 0.2) is 30.3 Å². The molecule has 1 aromatic rings. The highest BCUT2D eigenvalue weighted by molar-refractivity contribution is 7.88. The predicted molar refractivity (Wildman–Crippen MR) is 75.3 cm³/mol. The molecule has 1 aliphatic rings. The van der Waals surface area contributed by atoms with Gasteiger partial charge in [-0.1, -0.05) is 30.3 Å². The molecule has 19 heavy (non-hydrogen) atoms. The second kappa shape index (κ2) is 5.46. The van der Waals surface area contributed by atoms with Gasteiger partial charge in [-0.2, -0.15) is 4.31 Å². The molecule has 0 bridgehead atoms. The predicted octanol–water partition coefficient (Wildman–Crippen LogP) is -0.585. The summed E-state index contributed by atoms with van der Waals surface area (Å²) in [6, 6.07) is 6.95. The highest BCUT2D eigenvalue weighted by atomic mass is 32.2. The minimum atomic E-state index is -3.13. The van der Waals surface area contributed by atoms with E-state index in [0.29, 0.717) is 25.0 Å². The Labute approximate surface area is 113 Å². The lowest BCUT2D eigenvalue weighted by Gasteiger charge is -2.24. The summed E-state index contributed by atoms with van der Waals surface area (Å²) in [6.45, 7) is 0.869. The maximum absolute atomic E-state index is 11.4. The quantitative estimate of drug-likeness (QED) is 0.726. The highest BCUT2D eigenvalue weighted by Gasteiger charge is 2.20. The fraction of sp³-hybridized carbons (Fsp3) is 0.333. The number of hydrogen-bond acceptors (Lipinski definition) is 4. The van der Waals surface area contributed by atoms with Crippen LogP contribution in [0.3, 0.4) is 0 Å². The zero-order chi connectivity index (χ0) is 14.0. The first-order valence-electron chi connectivity index (χ1n) is 5.98. The third-order valence-electron chi connectivity index (χ3n) is 3.22. The van der Waals surface area contributed by atoms with Crippen LogP contribution in [-0.4, -0.2) is 49.2 Å². The van der Waals surface area contributed by atoms with E-state index in [1.54, 1.807) is 12.1 Å². The van der Waals surface area contributed by atoms with E-state index in [4.69, 9.17) is 10.0 Å². The summed E-state index contributed by atoms with van der Waals surface area (Å²) in [7, 11) is -4.59. The van der Waals surface area contributed by atoms with E-state index in [2.05, 4.69) is 0 Å². The Morgan fingerprint density at radius 2 is 1.84 bits per heavy atom. The number of benzene rings is 1. The van der Waals surface area contributed by atoms with Gasteiger partial charge in [-0.3, -0.25) is 0 Å². The van der Waals surface area contributed by atoms with Crippen molar-refractivity contribution in [3.05, 3.63) is 35.9 Å². The Kier molecular flexibility index (Phi) is 4.10. The number of rotatable bonds is 3. The van der Waals surface area contributed by atoms with Gasteiger partial charge in [0, 0.05) is 13.1 Å². The van der Waals surface area contributed by atoms with Crippen LogP contribution in [0, 0.1) is 0 Å². The van der Waals surface area contributed by atoms with Crippen LogP contribution < -0.4 is 5.46 Å². The molecule has 0 aromatic heterocycles. The summed E-state index contributed by atoms with van der Waals surface area (Å²) >= 11 is 0. The average Bonchev–Trinajstić information content (AvgIpc) is 2.38. The van der Waals surface area contributed by atoms with E-state index in [-0.39, 0.29) is 0 Å². The van der Waals surface area contributed by atoms with Gasteiger partial charge in [0.05, 0.1) is 6.26 Å². The van der Waals surface area contributed by atoms with Crippen molar-refractivity contribution >= 4 is 28.2 Å². The molecule has 2 rings (SSSR count). The fourth-order valence-corrected chi connectivity index (χ4v) is 2.85. The van der Waals surface area contributed by atoms with Crippen LogP contribution in [0.1, 0.15) is 12.0 Å². The molecule has 7 heteroatoms. The smallest absolute Gasteiger partial charge is 0.423 e. The molecule has 0 radical (unpaired) electrons. The van der Waals surface area contributed by atoms with Gasteiger partial charge in [0.1, 0.15) is 0 Å². The molecule has 0 amide bonds. The molecule has 1 aliphatic heterocycles. The molecule has 1 heterocycles. The molecule has 0 atom stereocenters. The van der Waals surface area contributed by atoms with Crippen molar-refractivity contribution in [3.63, 3.8) is 0 Å². The minimum Gasteiger partial charge on any atom is -0.423 e. The average molecular weight is 281 g/mol. The molecule has 2 N–H and O–H groups in total. The molecule has 0 saturated carbocycles. The Morgan fingerprint density at radius 3 is 2.26 bits per heavy atom. The molecule has 1 aromatic carbocycles. The van der Waals surface area contributed by atoms with Crippen LogP contribution in [0.25, 0.3) is 5.57 Å². The van der Waals surface area contributed by atoms with Gasteiger partial charge in [-0.25, -0.2) is 8.42 Å². The third-order valence-corrected chi connectivity index (χ3v) is 4.49. The van der Waals surface area contributed by atoms with Crippen molar-refractivity contribution < 1.29 is 18.5 Å². The minimum absolute atomic E-state index is 0.387. The highest BCUT2D eigenvalue weighted by Crippen LogP contribution is 2.22. The van der Waals surface area contributed by atoms with Crippen molar-refractivity contribution in [2.24, 2.45) is 0 Å². The summed E-state index contributed by atoms with van der Waals surface area (Å²) in [5.74, 6) is 0. The zero-order valence-corrected chi connectivity index (χ0v) is 11.5. The summed E-state index contributed by atoms with van der Waals surface area (Å²) < 4.78 is 24.2. The molecule has 0 saturated heterocycles. The first-order chi connectivity index (χ1) is 8.88. The summed E-state index contributed by atoms with van der Waals surface area (Å²) in [4.78, 5) is 0. The normalized spacial score (nSPS) is 17.1. The molecule has 5 nitrogen and oxygen atoms in total. The second-order valence-corrected chi connectivity index (χ2v) is 6.58. The Morgan fingerprint density at radius 1 is 1.21 bits per heavy atom. The van der Waals surface area contributed by atoms with E-state index < -0.39 is 17.1 Å². The van der Waals surface area contributed by atoms with Crippen LogP contribution >= 0.6 is 0 Å². The van der Waals surface area contributed by atoms with Gasteiger partial charge in [0.2, 0.25) is 10.0 Å². The van der Waals surface area contributed by atoms with Gasteiger partial charge in [0.15, 0.2) is 0 Å². The van der Waals surface area contributed by atoms with Crippen molar-refractivity contribution in [1.82, 2.24) is 4.31 Å². The molecule has 0 spiro atoms. The Balaban J connectivity index is 2.14. The molecular formula is C12H16BNO4S. The summed E-state index contributed by atoms with van der Waals surface area (Å²) in [5.41, 5.74) is 2.51. The lowest BCUT2D eigenvalue weighted by molar-refractivity contribution is 0.425. The van der Waals surface area contributed by atoms with E-state index >= 15 is 0 Å². The van der Waals surface area contributed by atoms with Crippen LogP contribution in [-0.2, 0) is 10.0 Å². The van der Waals surface area contributed by atoms with Gasteiger partial charge < -0.3 is 10.0 Å². The van der Waals surface area contributed by atoms with Crippen molar-refractivity contribution in [2.75, 3.05) is 19.3 Å².